The molecule has 1 N–H and O–H groups in total. The topological polar surface area (TPSA) is 55.4 Å². The Labute approximate surface area is 97.4 Å². The van der Waals surface area contributed by atoms with E-state index < -0.39 is 10.0 Å². The monoisotopic (exact) mass is 257 g/mol. The molecule has 0 aromatic rings. The predicted octanol–water partition coefficient (Wildman–Crippen LogP) is 1.21. The van der Waals surface area contributed by atoms with E-state index in [1.165, 1.54) is 0 Å². The molecule has 4 nitrogen and oxygen atoms in total. The van der Waals surface area contributed by atoms with Gasteiger partial charge >= 0.3 is 0 Å². The maximum atomic E-state index is 11.3. The summed E-state index contributed by atoms with van der Waals surface area (Å²) in [4.78, 5) is 0. The molecule has 92 valence electrons. The number of hydrogen-bond acceptors (Lipinski definition) is 3. The molecule has 0 radical (unpaired) electrons. The van der Waals surface area contributed by atoms with Gasteiger partial charge in [0.15, 0.2) is 0 Å². The normalized spacial score (nSPS) is 13.1. The SMILES string of the molecule is COCCC(C)(C)CNS(=O)(=O)CCCl. The third-order valence-electron chi connectivity index (χ3n) is 2.10. The van der Waals surface area contributed by atoms with Crippen molar-refractivity contribution in [2.45, 2.75) is 20.3 Å². The molecule has 0 amide bonds. The lowest BCUT2D eigenvalue weighted by molar-refractivity contribution is 0.153. The van der Waals surface area contributed by atoms with Gasteiger partial charge in [-0.25, -0.2) is 13.1 Å². The highest BCUT2D eigenvalue weighted by Gasteiger charge is 2.20. The van der Waals surface area contributed by atoms with Crippen molar-refractivity contribution in [3.05, 3.63) is 0 Å². The summed E-state index contributed by atoms with van der Waals surface area (Å²) in [6, 6.07) is 0. The van der Waals surface area contributed by atoms with Gasteiger partial charge in [0.05, 0.1) is 5.75 Å². The van der Waals surface area contributed by atoms with Crippen LogP contribution >= 0.6 is 11.6 Å². The van der Waals surface area contributed by atoms with E-state index in [1.54, 1.807) is 7.11 Å². The first-order valence-corrected chi connectivity index (χ1v) is 7.04. The van der Waals surface area contributed by atoms with E-state index in [9.17, 15) is 8.42 Å². The third kappa shape index (κ3) is 8.02. The first-order valence-electron chi connectivity index (χ1n) is 4.85. The molecular formula is C9H20ClNO3S. The summed E-state index contributed by atoms with van der Waals surface area (Å²) in [5.41, 5.74) is -0.102. The molecule has 0 rings (SSSR count). The van der Waals surface area contributed by atoms with E-state index in [1.807, 2.05) is 13.8 Å². The summed E-state index contributed by atoms with van der Waals surface area (Å²) in [5.74, 6) is 0.0861. The maximum absolute atomic E-state index is 11.3. The van der Waals surface area contributed by atoms with E-state index >= 15 is 0 Å². The van der Waals surface area contributed by atoms with Crippen LogP contribution in [0.15, 0.2) is 0 Å². The Balaban J connectivity index is 4.02. The Bertz CT molecular complexity index is 265. The third-order valence-corrected chi connectivity index (χ3v) is 3.84. The number of sulfonamides is 1. The Hall–Kier alpha value is 0.160. The summed E-state index contributed by atoms with van der Waals surface area (Å²) in [7, 11) is -1.58. The first-order chi connectivity index (χ1) is 6.83. The van der Waals surface area contributed by atoms with Crippen LogP contribution in [-0.2, 0) is 14.8 Å². The molecule has 15 heavy (non-hydrogen) atoms. The van der Waals surface area contributed by atoms with Crippen LogP contribution in [0.2, 0.25) is 0 Å². The lowest BCUT2D eigenvalue weighted by atomic mass is 9.90. The molecule has 0 saturated carbocycles. The second-order valence-electron chi connectivity index (χ2n) is 4.24. The molecule has 0 saturated heterocycles. The van der Waals surface area contributed by atoms with E-state index in [0.29, 0.717) is 13.2 Å². The maximum Gasteiger partial charge on any atom is 0.212 e. The second kappa shape index (κ2) is 6.68. The average molecular weight is 258 g/mol. The van der Waals surface area contributed by atoms with Gasteiger partial charge in [-0.15, -0.1) is 11.6 Å². The number of hydrogen-bond donors (Lipinski definition) is 1. The quantitative estimate of drug-likeness (QED) is 0.665. The lowest BCUT2D eigenvalue weighted by Crippen LogP contribution is -2.36. The molecule has 0 heterocycles. The van der Waals surface area contributed by atoms with E-state index in [4.69, 9.17) is 16.3 Å². The number of nitrogens with one attached hydrogen (secondary N) is 1. The van der Waals surface area contributed by atoms with Gasteiger partial charge in [0, 0.05) is 26.1 Å². The minimum absolute atomic E-state index is 0.0328. The summed E-state index contributed by atoms with van der Waals surface area (Å²) in [6.45, 7) is 5.03. The van der Waals surface area contributed by atoms with Crippen molar-refractivity contribution in [1.29, 1.82) is 0 Å². The van der Waals surface area contributed by atoms with Gasteiger partial charge in [0.2, 0.25) is 10.0 Å². The molecule has 0 aromatic heterocycles. The van der Waals surface area contributed by atoms with Crippen LogP contribution in [0.1, 0.15) is 20.3 Å². The van der Waals surface area contributed by atoms with Gasteiger partial charge in [-0.05, 0) is 11.8 Å². The molecule has 0 aliphatic heterocycles. The molecular weight excluding hydrogens is 238 g/mol. The van der Waals surface area contributed by atoms with Crippen molar-refractivity contribution < 1.29 is 13.2 Å². The van der Waals surface area contributed by atoms with Gasteiger partial charge in [-0.2, -0.15) is 0 Å². The van der Waals surface area contributed by atoms with Crippen molar-refractivity contribution >= 4 is 21.6 Å². The summed E-state index contributed by atoms with van der Waals surface area (Å²) < 4.78 is 30.1. The van der Waals surface area contributed by atoms with Gasteiger partial charge in [0.1, 0.15) is 0 Å². The van der Waals surface area contributed by atoms with Gasteiger partial charge < -0.3 is 4.74 Å². The highest BCUT2D eigenvalue weighted by molar-refractivity contribution is 7.89. The van der Waals surface area contributed by atoms with Crippen LogP contribution in [0.5, 0.6) is 0 Å². The highest BCUT2D eigenvalue weighted by atomic mass is 35.5. The number of methoxy groups -OCH3 is 1. The molecule has 0 aliphatic rings. The molecule has 0 atom stereocenters. The van der Waals surface area contributed by atoms with E-state index in [-0.39, 0.29) is 17.0 Å². The van der Waals surface area contributed by atoms with E-state index in [0.717, 1.165) is 6.42 Å². The average Bonchev–Trinajstić information content (AvgIpc) is 2.12. The molecule has 0 fully saturated rings. The van der Waals surface area contributed by atoms with Crippen LogP contribution in [0.25, 0.3) is 0 Å². The van der Waals surface area contributed by atoms with Gasteiger partial charge in [0.25, 0.3) is 0 Å². The smallest absolute Gasteiger partial charge is 0.212 e. The largest absolute Gasteiger partial charge is 0.385 e. The van der Waals surface area contributed by atoms with E-state index in [2.05, 4.69) is 4.72 Å². The van der Waals surface area contributed by atoms with Crippen molar-refractivity contribution in [3.63, 3.8) is 0 Å². The fourth-order valence-corrected chi connectivity index (χ4v) is 2.51. The zero-order chi connectivity index (χ0) is 11.9. The fourth-order valence-electron chi connectivity index (χ4n) is 0.946. The highest BCUT2D eigenvalue weighted by Crippen LogP contribution is 2.18. The molecule has 0 spiro atoms. The summed E-state index contributed by atoms with van der Waals surface area (Å²) >= 11 is 5.38. The fraction of sp³-hybridized carbons (Fsp3) is 1.00. The summed E-state index contributed by atoms with van der Waals surface area (Å²) in [5, 5.41) is 0. The lowest BCUT2D eigenvalue weighted by Gasteiger charge is -2.24. The minimum Gasteiger partial charge on any atom is -0.385 e. The Morgan fingerprint density at radius 2 is 2.00 bits per heavy atom. The van der Waals surface area contributed by atoms with Crippen LogP contribution < -0.4 is 4.72 Å². The zero-order valence-corrected chi connectivity index (χ0v) is 11.1. The Kier molecular flexibility index (Phi) is 6.75. The standard InChI is InChI=1S/C9H20ClNO3S/c1-9(2,4-6-14-3)8-11-15(12,13)7-5-10/h11H,4-8H2,1-3H3. The first kappa shape index (κ1) is 15.2. The number of alkyl halides is 1. The van der Waals surface area contributed by atoms with Crippen molar-refractivity contribution in [1.82, 2.24) is 4.72 Å². The molecule has 0 aromatic carbocycles. The van der Waals surface area contributed by atoms with Crippen molar-refractivity contribution in [2.75, 3.05) is 31.9 Å². The molecule has 6 heteroatoms. The molecule has 0 bridgehead atoms. The van der Waals surface area contributed by atoms with Crippen LogP contribution in [0.3, 0.4) is 0 Å². The predicted molar refractivity (Wildman–Crippen MR) is 62.8 cm³/mol. The number of rotatable bonds is 8. The number of ether oxygens (including phenoxy) is 1. The van der Waals surface area contributed by atoms with Crippen molar-refractivity contribution in [2.24, 2.45) is 5.41 Å². The molecule has 0 unspecified atom stereocenters. The van der Waals surface area contributed by atoms with Crippen LogP contribution in [0.4, 0.5) is 0 Å². The zero-order valence-electron chi connectivity index (χ0n) is 9.55. The molecule has 0 aliphatic carbocycles. The Morgan fingerprint density at radius 1 is 1.40 bits per heavy atom. The minimum atomic E-state index is -3.21. The van der Waals surface area contributed by atoms with Gasteiger partial charge in [-0.1, -0.05) is 13.8 Å². The van der Waals surface area contributed by atoms with Crippen LogP contribution in [-0.4, -0.2) is 40.3 Å². The second-order valence-corrected chi connectivity index (χ2v) is 6.54. The summed E-state index contributed by atoms with van der Waals surface area (Å²) in [6.07, 6.45) is 0.812. The van der Waals surface area contributed by atoms with Gasteiger partial charge in [-0.3, -0.25) is 0 Å². The van der Waals surface area contributed by atoms with Crippen molar-refractivity contribution in [3.8, 4) is 0 Å². The van der Waals surface area contributed by atoms with Crippen LogP contribution in [0, 0.1) is 5.41 Å². The number of halogens is 1. The Morgan fingerprint density at radius 3 is 2.47 bits per heavy atom.